The SMILES string of the molecule is CCc1c(Cl)nc(C2CC3CCC(C2)N3C)nc1Cl. The molecule has 1 aromatic heterocycles. The summed E-state index contributed by atoms with van der Waals surface area (Å²) in [7, 11) is 2.24. The molecule has 0 aliphatic carbocycles. The zero-order valence-corrected chi connectivity index (χ0v) is 12.9. The monoisotopic (exact) mass is 299 g/mol. The molecule has 0 saturated carbocycles. The van der Waals surface area contributed by atoms with Gasteiger partial charge in [0.1, 0.15) is 16.1 Å². The summed E-state index contributed by atoms with van der Waals surface area (Å²) in [6.07, 6.45) is 5.63. The van der Waals surface area contributed by atoms with Gasteiger partial charge in [0.2, 0.25) is 0 Å². The molecule has 0 radical (unpaired) electrons. The quantitative estimate of drug-likeness (QED) is 0.780. The Hall–Kier alpha value is -0.380. The maximum absolute atomic E-state index is 6.23. The first-order chi connectivity index (χ1) is 9.10. The van der Waals surface area contributed by atoms with E-state index in [1.807, 2.05) is 6.92 Å². The van der Waals surface area contributed by atoms with Crippen molar-refractivity contribution in [1.29, 1.82) is 0 Å². The average Bonchev–Trinajstić information content (AvgIpc) is 2.62. The highest BCUT2D eigenvalue weighted by atomic mass is 35.5. The summed E-state index contributed by atoms with van der Waals surface area (Å²) in [5.74, 6) is 1.26. The predicted octanol–water partition coefficient (Wildman–Crippen LogP) is 3.69. The van der Waals surface area contributed by atoms with E-state index in [0.29, 0.717) is 28.3 Å². The molecule has 0 spiro atoms. The lowest BCUT2D eigenvalue weighted by atomic mass is 9.90. The topological polar surface area (TPSA) is 29.0 Å². The lowest BCUT2D eigenvalue weighted by Gasteiger charge is -2.35. The second kappa shape index (κ2) is 5.19. The Morgan fingerprint density at radius 1 is 1.11 bits per heavy atom. The molecule has 3 nitrogen and oxygen atoms in total. The Morgan fingerprint density at radius 3 is 2.11 bits per heavy atom. The van der Waals surface area contributed by atoms with Crippen molar-refractivity contribution in [3.05, 3.63) is 21.7 Å². The van der Waals surface area contributed by atoms with Crippen LogP contribution in [0, 0.1) is 0 Å². The first-order valence-electron chi connectivity index (χ1n) is 7.03. The van der Waals surface area contributed by atoms with Crippen molar-refractivity contribution in [1.82, 2.24) is 14.9 Å². The summed E-state index contributed by atoms with van der Waals surface area (Å²) in [6.45, 7) is 2.02. The zero-order valence-electron chi connectivity index (χ0n) is 11.4. The number of aromatic nitrogens is 2. The van der Waals surface area contributed by atoms with Gasteiger partial charge in [0.15, 0.2) is 0 Å². The minimum atomic E-state index is 0.412. The fraction of sp³-hybridized carbons (Fsp3) is 0.714. The number of hydrogen-bond acceptors (Lipinski definition) is 3. The van der Waals surface area contributed by atoms with Gasteiger partial charge in [-0.25, -0.2) is 9.97 Å². The molecule has 0 amide bonds. The second-order valence-electron chi connectivity index (χ2n) is 5.71. The van der Waals surface area contributed by atoms with Crippen molar-refractivity contribution < 1.29 is 0 Å². The van der Waals surface area contributed by atoms with E-state index in [9.17, 15) is 0 Å². The lowest BCUT2D eigenvalue weighted by molar-refractivity contribution is 0.159. The van der Waals surface area contributed by atoms with Crippen LogP contribution < -0.4 is 0 Å². The summed E-state index contributed by atoms with van der Waals surface area (Å²) in [6, 6.07) is 1.35. The van der Waals surface area contributed by atoms with Crippen molar-refractivity contribution in [2.75, 3.05) is 7.05 Å². The Bertz CT molecular complexity index is 455. The van der Waals surface area contributed by atoms with Gasteiger partial charge in [-0.05, 0) is 39.2 Å². The molecule has 2 saturated heterocycles. The summed E-state index contributed by atoms with van der Waals surface area (Å²) in [5, 5.41) is 1.06. The maximum atomic E-state index is 6.23. The highest BCUT2D eigenvalue weighted by Crippen LogP contribution is 2.41. The van der Waals surface area contributed by atoms with Crippen LogP contribution >= 0.6 is 23.2 Å². The number of nitrogens with zero attached hydrogens (tertiary/aromatic N) is 3. The molecule has 2 atom stereocenters. The Kier molecular flexibility index (Phi) is 3.71. The fourth-order valence-corrected chi connectivity index (χ4v) is 4.21. The molecule has 5 heteroatoms. The molecule has 2 fully saturated rings. The van der Waals surface area contributed by atoms with Crippen LogP contribution in [0.2, 0.25) is 10.3 Å². The molecule has 2 aliphatic heterocycles. The van der Waals surface area contributed by atoms with Crippen LogP contribution in [-0.4, -0.2) is 34.0 Å². The lowest BCUT2D eigenvalue weighted by Crippen LogP contribution is -2.39. The van der Waals surface area contributed by atoms with Crippen LogP contribution in [-0.2, 0) is 6.42 Å². The third kappa shape index (κ3) is 2.37. The molecule has 104 valence electrons. The Labute approximate surface area is 124 Å². The number of piperidine rings is 1. The van der Waals surface area contributed by atoms with E-state index >= 15 is 0 Å². The molecule has 0 aromatic carbocycles. The van der Waals surface area contributed by atoms with E-state index in [4.69, 9.17) is 23.2 Å². The van der Waals surface area contributed by atoms with Crippen LogP contribution in [0.3, 0.4) is 0 Å². The van der Waals surface area contributed by atoms with Crippen molar-refractivity contribution >= 4 is 23.2 Å². The van der Waals surface area contributed by atoms with E-state index in [0.717, 1.165) is 30.7 Å². The molecule has 2 unspecified atom stereocenters. The molecule has 3 heterocycles. The molecule has 0 N–H and O–H groups in total. The summed E-state index contributed by atoms with van der Waals surface area (Å²) in [5.41, 5.74) is 0.864. The van der Waals surface area contributed by atoms with Crippen LogP contribution in [0.4, 0.5) is 0 Å². The second-order valence-corrected chi connectivity index (χ2v) is 6.43. The van der Waals surface area contributed by atoms with E-state index in [2.05, 4.69) is 21.9 Å². The highest BCUT2D eigenvalue weighted by molar-refractivity contribution is 6.34. The van der Waals surface area contributed by atoms with Gasteiger partial charge in [-0.2, -0.15) is 0 Å². The first kappa shape index (κ1) is 13.6. The van der Waals surface area contributed by atoms with Crippen molar-refractivity contribution in [2.45, 2.75) is 57.0 Å². The van der Waals surface area contributed by atoms with Crippen LogP contribution in [0.5, 0.6) is 0 Å². The third-order valence-electron chi connectivity index (χ3n) is 4.74. The number of fused-ring (bicyclic) bond motifs is 2. The van der Waals surface area contributed by atoms with Crippen molar-refractivity contribution in [2.24, 2.45) is 0 Å². The molecule has 1 aromatic rings. The normalized spacial score (nSPS) is 30.8. The third-order valence-corrected chi connectivity index (χ3v) is 5.37. The predicted molar refractivity (Wildman–Crippen MR) is 78.0 cm³/mol. The molecule has 3 rings (SSSR count). The fourth-order valence-electron chi connectivity index (χ4n) is 3.54. The maximum Gasteiger partial charge on any atom is 0.137 e. The van der Waals surface area contributed by atoms with Crippen LogP contribution in [0.25, 0.3) is 0 Å². The molecule has 2 aliphatic rings. The van der Waals surface area contributed by atoms with Gasteiger partial charge in [-0.3, -0.25) is 0 Å². The minimum absolute atomic E-state index is 0.412. The van der Waals surface area contributed by atoms with Gasteiger partial charge < -0.3 is 4.90 Å². The van der Waals surface area contributed by atoms with E-state index < -0.39 is 0 Å². The van der Waals surface area contributed by atoms with Crippen LogP contribution in [0.15, 0.2) is 0 Å². The Balaban J connectivity index is 1.88. The van der Waals surface area contributed by atoms with E-state index in [-0.39, 0.29) is 0 Å². The minimum Gasteiger partial charge on any atom is -0.300 e. The number of hydrogen-bond donors (Lipinski definition) is 0. The molecular formula is C14H19Cl2N3. The van der Waals surface area contributed by atoms with E-state index in [1.54, 1.807) is 0 Å². The molecule has 19 heavy (non-hydrogen) atoms. The van der Waals surface area contributed by atoms with E-state index in [1.165, 1.54) is 12.8 Å². The number of halogens is 2. The standard InChI is InChI=1S/C14H19Cl2N3/c1-3-11-12(15)17-14(18-13(11)16)8-6-9-4-5-10(7-8)19(9)2/h8-10H,3-7H2,1-2H3. The van der Waals surface area contributed by atoms with Gasteiger partial charge in [0.25, 0.3) is 0 Å². The summed E-state index contributed by atoms with van der Waals surface area (Å²) >= 11 is 12.5. The smallest absolute Gasteiger partial charge is 0.137 e. The zero-order chi connectivity index (χ0) is 13.6. The first-order valence-corrected chi connectivity index (χ1v) is 7.79. The van der Waals surface area contributed by atoms with Crippen LogP contribution in [0.1, 0.15) is 49.9 Å². The number of rotatable bonds is 2. The summed E-state index contributed by atoms with van der Waals surface area (Å²) in [4.78, 5) is 11.5. The molecular weight excluding hydrogens is 281 g/mol. The van der Waals surface area contributed by atoms with Crippen molar-refractivity contribution in [3.8, 4) is 0 Å². The Morgan fingerprint density at radius 2 is 1.63 bits per heavy atom. The van der Waals surface area contributed by atoms with Gasteiger partial charge in [0.05, 0.1) is 0 Å². The highest BCUT2D eigenvalue weighted by Gasteiger charge is 2.40. The van der Waals surface area contributed by atoms with Gasteiger partial charge in [0, 0.05) is 23.6 Å². The van der Waals surface area contributed by atoms with Crippen molar-refractivity contribution in [3.63, 3.8) is 0 Å². The van der Waals surface area contributed by atoms with Gasteiger partial charge in [-0.1, -0.05) is 30.1 Å². The largest absolute Gasteiger partial charge is 0.300 e. The summed E-state index contributed by atoms with van der Waals surface area (Å²) < 4.78 is 0. The molecule has 2 bridgehead atoms. The van der Waals surface area contributed by atoms with Gasteiger partial charge >= 0.3 is 0 Å². The average molecular weight is 300 g/mol. The van der Waals surface area contributed by atoms with Gasteiger partial charge in [-0.15, -0.1) is 0 Å².